The lowest BCUT2D eigenvalue weighted by molar-refractivity contribution is -0.121. The third-order valence-corrected chi connectivity index (χ3v) is 6.93. The molecule has 6 rings (SSSR count). The quantitative estimate of drug-likeness (QED) is 0.677. The number of hydrogen-bond donors (Lipinski definition) is 1. The number of amides is 2. The highest BCUT2D eigenvalue weighted by Gasteiger charge is 2.49. The maximum Gasteiger partial charge on any atom is 0.277 e. The predicted molar refractivity (Wildman–Crippen MR) is 120 cm³/mol. The van der Waals surface area contributed by atoms with Gasteiger partial charge < -0.3 is 15.1 Å². The number of carbonyl (C=O) groups is 2. The number of fused-ring (bicyclic) bond motifs is 3. The third-order valence-electron chi connectivity index (χ3n) is 6.93. The molecule has 2 amide bonds. The van der Waals surface area contributed by atoms with E-state index in [9.17, 15) is 9.59 Å². The summed E-state index contributed by atoms with van der Waals surface area (Å²) in [6.45, 7) is 1.99. The fourth-order valence-electron chi connectivity index (χ4n) is 5.18. The average molecular weight is 426 g/mol. The Morgan fingerprint density at radius 1 is 1.00 bits per heavy atom. The Morgan fingerprint density at radius 2 is 1.84 bits per heavy atom. The molecule has 3 aliphatic heterocycles. The minimum atomic E-state index is -0.537. The standard InChI is InChI=1S/C24H22N6O2/c31-22(30-11-7-16-4-1-2-6-19(16)30)18-14-20(27-15-26-18)29-12-8-24(9-13-29)17-5-3-10-25-21(17)28-23(24)32/h1-6,10,14-15H,7-9,11-13H2,(H,25,28,32). The van der Waals surface area contributed by atoms with Crippen LogP contribution in [0, 0.1) is 0 Å². The molecule has 2 aromatic heterocycles. The van der Waals surface area contributed by atoms with Gasteiger partial charge in [0.2, 0.25) is 5.91 Å². The summed E-state index contributed by atoms with van der Waals surface area (Å²) in [5.74, 6) is 1.31. The molecule has 1 N–H and O–H groups in total. The molecular formula is C24H22N6O2. The zero-order valence-electron chi connectivity index (χ0n) is 17.5. The van der Waals surface area contributed by atoms with Crippen LogP contribution < -0.4 is 15.1 Å². The summed E-state index contributed by atoms with van der Waals surface area (Å²) in [5, 5.41) is 2.93. The van der Waals surface area contributed by atoms with E-state index in [1.807, 2.05) is 30.3 Å². The van der Waals surface area contributed by atoms with Gasteiger partial charge in [0.1, 0.15) is 23.7 Å². The normalized spacial score (nSPS) is 18.4. The number of rotatable bonds is 2. The van der Waals surface area contributed by atoms with Gasteiger partial charge in [-0.25, -0.2) is 15.0 Å². The van der Waals surface area contributed by atoms with E-state index in [4.69, 9.17) is 0 Å². The van der Waals surface area contributed by atoms with Crippen molar-refractivity contribution in [3.05, 3.63) is 71.8 Å². The summed E-state index contributed by atoms with van der Waals surface area (Å²) in [4.78, 5) is 42.9. The van der Waals surface area contributed by atoms with Crippen molar-refractivity contribution in [1.82, 2.24) is 15.0 Å². The monoisotopic (exact) mass is 426 g/mol. The van der Waals surface area contributed by atoms with Gasteiger partial charge in [0.25, 0.3) is 5.91 Å². The van der Waals surface area contributed by atoms with Gasteiger partial charge in [-0.1, -0.05) is 24.3 Å². The number of pyridine rings is 1. The Labute approximate surface area is 185 Å². The number of nitrogens with zero attached hydrogens (tertiary/aromatic N) is 5. The zero-order chi connectivity index (χ0) is 21.7. The van der Waals surface area contributed by atoms with E-state index >= 15 is 0 Å². The summed E-state index contributed by atoms with van der Waals surface area (Å²) in [6, 6.07) is 13.6. The molecule has 32 heavy (non-hydrogen) atoms. The summed E-state index contributed by atoms with van der Waals surface area (Å²) in [7, 11) is 0. The van der Waals surface area contributed by atoms with Gasteiger partial charge in [-0.05, 0) is 37.0 Å². The first-order chi connectivity index (χ1) is 15.7. The van der Waals surface area contributed by atoms with Crippen LogP contribution in [0.15, 0.2) is 55.0 Å². The third kappa shape index (κ3) is 2.79. The lowest BCUT2D eigenvalue weighted by atomic mass is 9.74. The fourth-order valence-corrected chi connectivity index (χ4v) is 5.18. The minimum Gasteiger partial charge on any atom is -0.356 e. The fraction of sp³-hybridized carbons (Fsp3) is 0.292. The highest BCUT2D eigenvalue weighted by Crippen LogP contribution is 2.44. The highest BCUT2D eigenvalue weighted by atomic mass is 16.2. The van der Waals surface area contributed by atoms with Gasteiger partial charge in [-0.2, -0.15) is 0 Å². The van der Waals surface area contributed by atoms with Crippen molar-refractivity contribution in [2.45, 2.75) is 24.7 Å². The van der Waals surface area contributed by atoms with Crippen molar-refractivity contribution in [3.63, 3.8) is 0 Å². The van der Waals surface area contributed by atoms with Crippen LogP contribution in [-0.4, -0.2) is 46.4 Å². The summed E-state index contributed by atoms with van der Waals surface area (Å²) in [5.41, 5.74) is 2.97. The molecule has 1 saturated heterocycles. The molecule has 1 fully saturated rings. The molecule has 1 spiro atoms. The van der Waals surface area contributed by atoms with Crippen LogP contribution in [0.25, 0.3) is 0 Å². The smallest absolute Gasteiger partial charge is 0.277 e. The second-order valence-corrected chi connectivity index (χ2v) is 8.52. The lowest BCUT2D eigenvalue weighted by Crippen LogP contribution is -2.46. The second kappa shape index (κ2) is 7.12. The first-order valence-corrected chi connectivity index (χ1v) is 10.9. The number of para-hydroxylation sites is 1. The number of piperidine rings is 1. The van der Waals surface area contributed by atoms with Crippen molar-refractivity contribution >= 4 is 29.1 Å². The van der Waals surface area contributed by atoms with E-state index < -0.39 is 5.41 Å². The van der Waals surface area contributed by atoms with Crippen molar-refractivity contribution in [2.75, 3.05) is 34.8 Å². The molecule has 8 heteroatoms. The Kier molecular flexibility index (Phi) is 4.21. The van der Waals surface area contributed by atoms with Crippen molar-refractivity contribution in [1.29, 1.82) is 0 Å². The number of carbonyl (C=O) groups excluding carboxylic acids is 2. The SMILES string of the molecule is O=C(c1cc(N2CCC3(CC2)C(=O)Nc2ncccc23)ncn1)N1CCc2ccccc21. The number of anilines is 3. The summed E-state index contributed by atoms with van der Waals surface area (Å²) < 4.78 is 0. The van der Waals surface area contributed by atoms with E-state index in [1.165, 1.54) is 11.9 Å². The molecule has 0 saturated carbocycles. The predicted octanol–water partition coefficient (Wildman–Crippen LogP) is 2.56. The van der Waals surface area contributed by atoms with Gasteiger partial charge in [0, 0.05) is 43.1 Å². The Bertz CT molecular complexity index is 1230. The van der Waals surface area contributed by atoms with Gasteiger partial charge in [0.05, 0.1) is 5.41 Å². The Hall–Kier alpha value is -3.81. The molecule has 0 bridgehead atoms. The second-order valence-electron chi connectivity index (χ2n) is 8.52. The maximum atomic E-state index is 13.2. The van der Waals surface area contributed by atoms with Gasteiger partial charge in [0.15, 0.2) is 0 Å². The molecule has 160 valence electrons. The zero-order valence-corrected chi connectivity index (χ0v) is 17.5. The van der Waals surface area contributed by atoms with Crippen LogP contribution in [0.2, 0.25) is 0 Å². The average Bonchev–Trinajstić information content (AvgIpc) is 3.39. The summed E-state index contributed by atoms with van der Waals surface area (Å²) in [6.07, 6.45) is 5.35. The number of hydrogen-bond acceptors (Lipinski definition) is 6. The molecular weight excluding hydrogens is 404 g/mol. The number of aromatic nitrogens is 3. The maximum absolute atomic E-state index is 13.2. The van der Waals surface area contributed by atoms with Gasteiger partial charge in [-0.15, -0.1) is 0 Å². The lowest BCUT2D eigenvalue weighted by Gasteiger charge is -2.38. The van der Waals surface area contributed by atoms with Crippen LogP contribution in [0.3, 0.4) is 0 Å². The van der Waals surface area contributed by atoms with Crippen molar-refractivity contribution in [3.8, 4) is 0 Å². The van der Waals surface area contributed by atoms with Crippen LogP contribution in [0.4, 0.5) is 17.3 Å². The van der Waals surface area contributed by atoms with Crippen molar-refractivity contribution < 1.29 is 9.59 Å². The van der Waals surface area contributed by atoms with E-state index in [1.54, 1.807) is 17.2 Å². The van der Waals surface area contributed by atoms with Crippen molar-refractivity contribution in [2.24, 2.45) is 0 Å². The number of nitrogens with one attached hydrogen (secondary N) is 1. The molecule has 0 atom stereocenters. The van der Waals surface area contributed by atoms with E-state index in [0.717, 1.165) is 23.5 Å². The van der Waals surface area contributed by atoms with E-state index in [2.05, 4.69) is 31.2 Å². The van der Waals surface area contributed by atoms with Crippen LogP contribution in [0.5, 0.6) is 0 Å². The minimum absolute atomic E-state index is 0.0251. The molecule has 5 heterocycles. The van der Waals surface area contributed by atoms with E-state index in [0.29, 0.717) is 44.0 Å². The van der Waals surface area contributed by atoms with Gasteiger partial charge in [-0.3, -0.25) is 9.59 Å². The topological polar surface area (TPSA) is 91.3 Å². The van der Waals surface area contributed by atoms with E-state index in [-0.39, 0.29) is 11.8 Å². The van der Waals surface area contributed by atoms with Gasteiger partial charge >= 0.3 is 0 Å². The molecule has 3 aromatic rings. The summed E-state index contributed by atoms with van der Waals surface area (Å²) >= 11 is 0. The largest absolute Gasteiger partial charge is 0.356 e. The first kappa shape index (κ1) is 18.9. The Morgan fingerprint density at radius 3 is 2.72 bits per heavy atom. The van der Waals surface area contributed by atoms with Crippen LogP contribution >= 0.6 is 0 Å². The van der Waals surface area contributed by atoms with Crippen LogP contribution in [0.1, 0.15) is 34.5 Å². The molecule has 0 radical (unpaired) electrons. The molecule has 8 nitrogen and oxygen atoms in total. The Balaban J connectivity index is 1.22. The number of benzene rings is 1. The first-order valence-electron chi connectivity index (χ1n) is 10.9. The molecule has 0 unspecified atom stereocenters. The van der Waals surface area contributed by atoms with Crippen LogP contribution in [-0.2, 0) is 16.6 Å². The molecule has 3 aliphatic rings. The molecule has 1 aromatic carbocycles. The molecule has 0 aliphatic carbocycles. The highest BCUT2D eigenvalue weighted by molar-refractivity contribution is 6.06.